The van der Waals surface area contributed by atoms with Crippen LogP contribution in [0, 0.1) is 0 Å². The number of anilines is 1. The smallest absolute Gasteiger partial charge is 0.325 e. The van der Waals surface area contributed by atoms with E-state index < -0.39 is 0 Å². The van der Waals surface area contributed by atoms with Crippen molar-refractivity contribution in [3.8, 4) is 0 Å². The highest BCUT2D eigenvalue weighted by Crippen LogP contribution is 2.16. The van der Waals surface area contributed by atoms with Crippen LogP contribution in [0.25, 0.3) is 0 Å². The maximum absolute atomic E-state index is 11.2. The lowest BCUT2D eigenvalue weighted by molar-refractivity contribution is -0.141. The van der Waals surface area contributed by atoms with E-state index in [1.165, 1.54) is 11.0 Å². The quantitative estimate of drug-likeness (QED) is 0.613. The Morgan fingerprint density at radius 1 is 1.44 bits per heavy atom. The number of nitrogens with zero attached hydrogens (tertiary/aromatic N) is 3. The molecule has 0 aliphatic carbocycles. The first kappa shape index (κ1) is 13.0. The molecule has 0 saturated heterocycles. The number of carbonyl (C=O) groups is 1. The maximum atomic E-state index is 11.2. The summed E-state index contributed by atoms with van der Waals surface area (Å²) in [5, 5.41) is 0.455. The van der Waals surface area contributed by atoms with Gasteiger partial charge in [0.2, 0.25) is 5.95 Å². The van der Waals surface area contributed by atoms with E-state index in [0.29, 0.717) is 6.61 Å². The summed E-state index contributed by atoms with van der Waals surface area (Å²) >= 11 is 11.4. The van der Waals surface area contributed by atoms with Crippen LogP contribution in [0.15, 0.2) is 6.07 Å². The van der Waals surface area contributed by atoms with Crippen LogP contribution in [0.3, 0.4) is 0 Å². The Balaban J connectivity index is 2.72. The Morgan fingerprint density at radius 2 is 2.00 bits per heavy atom. The summed E-state index contributed by atoms with van der Waals surface area (Å²) in [6, 6.07) is 1.42. The van der Waals surface area contributed by atoms with Crippen LogP contribution in [-0.4, -0.2) is 36.1 Å². The lowest BCUT2D eigenvalue weighted by atomic mass is 10.5. The molecule has 0 radical (unpaired) electrons. The van der Waals surface area contributed by atoms with E-state index in [9.17, 15) is 4.79 Å². The Kier molecular flexibility index (Phi) is 4.76. The monoisotopic (exact) mass is 263 g/mol. The first-order valence-corrected chi connectivity index (χ1v) is 5.35. The fourth-order valence-electron chi connectivity index (χ4n) is 1.02. The van der Waals surface area contributed by atoms with Crippen molar-refractivity contribution in [2.75, 3.05) is 25.1 Å². The van der Waals surface area contributed by atoms with Gasteiger partial charge in [-0.25, -0.2) is 9.97 Å². The summed E-state index contributed by atoms with van der Waals surface area (Å²) < 4.78 is 4.79. The first-order valence-electron chi connectivity index (χ1n) is 4.59. The molecule has 0 aromatic carbocycles. The van der Waals surface area contributed by atoms with E-state index >= 15 is 0 Å². The number of carbonyl (C=O) groups excluding carboxylic acids is 1. The Bertz CT molecular complexity index is 367. The van der Waals surface area contributed by atoms with E-state index in [2.05, 4.69) is 9.97 Å². The molecule has 0 atom stereocenters. The third kappa shape index (κ3) is 3.83. The van der Waals surface area contributed by atoms with E-state index in [-0.39, 0.29) is 28.8 Å². The van der Waals surface area contributed by atoms with Gasteiger partial charge in [0, 0.05) is 13.1 Å². The lowest BCUT2D eigenvalue weighted by Gasteiger charge is -2.15. The van der Waals surface area contributed by atoms with Gasteiger partial charge >= 0.3 is 5.97 Å². The molecule has 0 bridgehead atoms. The third-order valence-corrected chi connectivity index (χ3v) is 2.05. The first-order chi connectivity index (χ1) is 7.52. The molecule has 0 N–H and O–H groups in total. The average Bonchev–Trinajstić information content (AvgIpc) is 2.16. The van der Waals surface area contributed by atoms with Crippen molar-refractivity contribution < 1.29 is 9.53 Å². The van der Waals surface area contributed by atoms with Crippen molar-refractivity contribution in [3.63, 3.8) is 0 Å². The molecular formula is C9H11Cl2N3O2. The Hall–Kier alpha value is -1.07. The average molecular weight is 264 g/mol. The molecule has 1 heterocycles. The second-order valence-electron chi connectivity index (χ2n) is 2.97. The van der Waals surface area contributed by atoms with Gasteiger partial charge in [-0.2, -0.15) is 0 Å². The molecule has 0 fully saturated rings. The van der Waals surface area contributed by atoms with Gasteiger partial charge in [0.1, 0.15) is 16.9 Å². The number of likely N-dealkylation sites (N-methyl/N-ethyl adjacent to an activating group) is 1. The molecule has 5 nitrogen and oxygen atoms in total. The molecule has 0 amide bonds. The summed E-state index contributed by atoms with van der Waals surface area (Å²) in [7, 11) is 1.65. The van der Waals surface area contributed by atoms with Gasteiger partial charge in [0.05, 0.1) is 6.61 Å². The summed E-state index contributed by atoms with van der Waals surface area (Å²) in [5.74, 6) is -0.0738. The number of esters is 1. The SMILES string of the molecule is CCOC(=O)CN(C)c1nc(Cl)cc(Cl)n1. The van der Waals surface area contributed by atoms with E-state index in [1.54, 1.807) is 14.0 Å². The minimum absolute atomic E-state index is 0.0461. The second-order valence-corrected chi connectivity index (χ2v) is 3.75. The summed E-state index contributed by atoms with van der Waals surface area (Å²) in [6.45, 7) is 2.12. The zero-order valence-corrected chi connectivity index (χ0v) is 10.4. The van der Waals surface area contributed by atoms with Gasteiger partial charge in [-0.1, -0.05) is 23.2 Å². The molecule has 0 saturated carbocycles. The van der Waals surface area contributed by atoms with Crippen LogP contribution in [-0.2, 0) is 9.53 Å². The number of hydrogen-bond acceptors (Lipinski definition) is 5. The highest BCUT2D eigenvalue weighted by Gasteiger charge is 2.11. The topological polar surface area (TPSA) is 55.3 Å². The van der Waals surface area contributed by atoms with Crippen molar-refractivity contribution in [2.45, 2.75) is 6.92 Å². The van der Waals surface area contributed by atoms with Gasteiger partial charge in [-0.05, 0) is 6.92 Å². The highest BCUT2D eigenvalue weighted by atomic mass is 35.5. The number of hydrogen-bond donors (Lipinski definition) is 0. The van der Waals surface area contributed by atoms with Gasteiger partial charge in [-0.3, -0.25) is 4.79 Å². The fourth-order valence-corrected chi connectivity index (χ4v) is 1.43. The fraction of sp³-hybridized carbons (Fsp3) is 0.444. The summed E-state index contributed by atoms with van der Waals surface area (Å²) in [5.41, 5.74) is 0. The molecule has 16 heavy (non-hydrogen) atoms. The molecule has 1 rings (SSSR count). The van der Waals surface area contributed by atoms with Crippen LogP contribution in [0.2, 0.25) is 10.3 Å². The van der Waals surface area contributed by atoms with E-state index in [0.717, 1.165) is 0 Å². The molecule has 0 aliphatic heterocycles. The van der Waals surface area contributed by atoms with Gasteiger partial charge in [-0.15, -0.1) is 0 Å². The number of halogens is 2. The zero-order valence-electron chi connectivity index (χ0n) is 8.91. The van der Waals surface area contributed by atoms with E-state index in [1.807, 2.05) is 0 Å². The predicted octanol–water partition coefficient (Wildman–Crippen LogP) is 1.78. The minimum atomic E-state index is -0.357. The molecule has 1 aromatic heterocycles. The number of aromatic nitrogens is 2. The highest BCUT2D eigenvalue weighted by molar-refractivity contribution is 6.33. The molecule has 1 aromatic rings. The standard InChI is InChI=1S/C9H11Cl2N3O2/c1-3-16-8(15)5-14(2)9-12-6(10)4-7(11)13-9/h4H,3,5H2,1-2H3. The van der Waals surface area contributed by atoms with Crippen molar-refractivity contribution in [1.29, 1.82) is 0 Å². The van der Waals surface area contributed by atoms with Gasteiger partial charge in [0.15, 0.2) is 0 Å². The number of ether oxygens (including phenoxy) is 1. The Morgan fingerprint density at radius 3 is 2.50 bits per heavy atom. The van der Waals surface area contributed by atoms with Crippen LogP contribution >= 0.6 is 23.2 Å². The van der Waals surface area contributed by atoms with Crippen molar-refractivity contribution in [2.24, 2.45) is 0 Å². The van der Waals surface area contributed by atoms with Crippen LogP contribution in [0.1, 0.15) is 6.92 Å². The molecule has 7 heteroatoms. The lowest BCUT2D eigenvalue weighted by Crippen LogP contribution is -2.28. The normalized spacial score (nSPS) is 10.0. The molecule has 0 unspecified atom stereocenters. The number of rotatable bonds is 4. The summed E-state index contributed by atoms with van der Waals surface area (Å²) in [6.07, 6.45) is 0. The summed E-state index contributed by atoms with van der Waals surface area (Å²) in [4.78, 5) is 20.6. The van der Waals surface area contributed by atoms with Crippen molar-refractivity contribution >= 4 is 35.1 Å². The van der Waals surface area contributed by atoms with Crippen molar-refractivity contribution in [1.82, 2.24) is 9.97 Å². The predicted molar refractivity (Wildman–Crippen MR) is 62.0 cm³/mol. The second kappa shape index (κ2) is 5.86. The molecule has 0 spiro atoms. The Labute approximate surface area is 103 Å². The van der Waals surface area contributed by atoms with E-state index in [4.69, 9.17) is 27.9 Å². The largest absolute Gasteiger partial charge is 0.465 e. The van der Waals surface area contributed by atoms with Crippen LogP contribution in [0.4, 0.5) is 5.95 Å². The molecule has 88 valence electrons. The maximum Gasteiger partial charge on any atom is 0.325 e. The third-order valence-electron chi connectivity index (χ3n) is 1.66. The van der Waals surface area contributed by atoms with Crippen LogP contribution < -0.4 is 4.90 Å². The van der Waals surface area contributed by atoms with Gasteiger partial charge in [0.25, 0.3) is 0 Å². The molecular weight excluding hydrogens is 253 g/mol. The van der Waals surface area contributed by atoms with Crippen LogP contribution in [0.5, 0.6) is 0 Å². The zero-order chi connectivity index (χ0) is 12.1. The molecule has 0 aliphatic rings. The minimum Gasteiger partial charge on any atom is -0.465 e. The van der Waals surface area contributed by atoms with Gasteiger partial charge < -0.3 is 9.64 Å². The van der Waals surface area contributed by atoms with Crippen molar-refractivity contribution in [3.05, 3.63) is 16.4 Å².